The highest BCUT2D eigenvalue weighted by molar-refractivity contribution is 6.12. The van der Waals surface area contributed by atoms with Crippen molar-refractivity contribution < 1.29 is 4.42 Å². The molecule has 0 atom stereocenters. The van der Waals surface area contributed by atoms with Crippen molar-refractivity contribution in [3.05, 3.63) is 194 Å². The molecule has 0 saturated carbocycles. The third kappa shape index (κ3) is 5.37. The molecule has 0 amide bonds. The first kappa shape index (κ1) is 31.9. The first-order valence-corrected chi connectivity index (χ1v) is 18.8. The zero-order valence-corrected chi connectivity index (χ0v) is 30.2. The van der Waals surface area contributed by atoms with E-state index in [9.17, 15) is 0 Å². The van der Waals surface area contributed by atoms with E-state index in [2.05, 4.69) is 156 Å². The van der Waals surface area contributed by atoms with E-state index >= 15 is 0 Å². The second kappa shape index (κ2) is 13.0. The van der Waals surface area contributed by atoms with Gasteiger partial charge in [0.05, 0.1) is 16.6 Å². The van der Waals surface area contributed by atoms with Gasteiger partial charge in [-0.15, -0.1) is 0 Å². The number of fused-ring (bicyclic) bond motifs is 6. The highest BCUT2D eigenvalue weighted by atomic mass is 16.3. The fourth-order valence-corrected chi connectivity index (χ4v) is 7.95. The van der Waals surface area contributed by atoms with E-state index in [1.807, 2.05) is 42.5 Å². The quantitative estimate of drug-likeness (QED) is 0.172. The van der Waals surface area contributed by atoms with E-state index in [0.717, 1.165) is 66.6 Å². The first-order valence-electron chi connectivity index (χ1n) is 18.8. The monoisotopic (exact) mass is 716 g/mol. The van der Waals surface area contributed by atoms with Crippen LogP contribution in [-0.2, 0) is 0 Å². The van der Waals surface area contributed by atoms with Crippen LogP contribution >= 0.6 is 0 Å². The van der Waals surface area contributed by atoms with Crippen molar-refractivity contribution in [3.8, 4) is 62.1 Å². The van der Waals surface area contributed by atoms with E-state index < -0.39 is 0 Å². The Morgan fingerprint density at radius 2 is 0.857 bits per heavy atom. The minimum atomic E-state index is 0.561. The van der Waals surface area contributed by atoms with Crippen molar-refractivity contribution in [3.63, 3.8) is 0 Å². The Morgan fingerprint density at radius 1 is 0.339 bits per heavy atom. The average molecular weight is 717 g/mol. The second-order valence-electron chi connectivity index (χ2n) is 14.0. The molecule has 0 aliphatic carbocycles. The molecular weight excluding hydrogens is 685 g/mol. The van der Waals surface area contributed by atoms with Crippen molar-refractivity contribution in [2.24, 2.45) is 0 Å². The number of hydrogen-bond donors (Lipinski definition) is 0. The molecule has 0 fully saturated rings. The molecule has 8 aromatic carbocycles. The van der Waals surface area contributed by atoms with Gasteiger partial charge < -0.3 is 8.98 Å². The number of para-hydroxylation sites is 3. The minimum Gasteiger partial charge on any atom is -0.455 e. The summed E-state index contributed by atoms with van der Waals surface area (Å²) in [5.41, 5.74) is 12.3. The Hall–Kier alpha value is -7.63. The number of aromatic nitrogens is 4. The van der Waals surface area contributed by atoms with Gasteiger partial charge in [0.2, 0.25) is 0 Å². The van der Waals surface area contributed by atoms with E-state index in [1.54, 1.807) is 0 Å². The molecule has 5 nitrogen and oxygen atoms in total. The summed E-state index contributed by atoms with van der Waals surface area (Å²) in [5.74, 6) is 1.77. The van der Waals surface area contributed by atoms with Gasteiger partial charge in [0.15, 0.2) is 17.5 Å². The molecule has 3 heterocycles. The number of nitrogens with zero attached hydrogens (tertiary/aromatic N) is 4. The second-order valence-corrected chi connectivity index (χ2v) is 14.0. The summed E-state index contributed by atoms with van der Waals surface area (Å²) in [6.07, 6.45) is 0. The van der Waals surface area contributed by atoms with Crippen molar-refractivity contribution >= 4 is 43.7 Å². The maximum Gasteiger partial charge on any atom is 0.167 e. The topological polar surface area (TPSA) is 56.7 Å². The van der Waals surface area contributed by atoms with Crippen molar-refractivity contribution in [1.82, 2.24) is 19.5 Å². The maximum atomic E-state index is 6.66. The Bertz CT molecular complexity index is 3220. The van der Waals surface area contributed by atoms with Crippen molar-refractivity contribution in [2.45, 2.75) is 0 Å². The molecule has 11 rings (SSSR count). The molecule has 262 valence electrons. The molecule has 0 aliphatic heterocycles. The van der Waals surface area contributed by atoms with E-state index in [1.165, 1.54) is 21.8 Å². The number of benzene rings is 8. The summed E-state index contributed by atoms with van der Waals surface area (Å²) >= 11 is 0. The lowest BCUT2D eigenvalue weighted by Crippen LogP contribution is -2.00. The van der Waals surface area contributed by atoms with Crippen LogP contribution in [-0.4, -0.2) is 19.5 Å². The zero-order chi connectivity index (χ0) is 37.0. The third-order valence-corrected chi connectivity index (χ3v) is 10.7. The van der Waals surface area contributed by atoms with Gasteiger partial charge in [0, 0.05) is 38.4 Å². The van der Waals surface area contributed by atoms with Crippen LogP contribution in [0.1, 0.15) is 0 Å². The summed E-state index contributed by atoms with van der Waals surface area (Å²) < 4.78 is 9.01. The summed E-state index contributed by atoms with van der Waals surface area (Å²) in [4.78, 5) is 15.1. The lowest BCUT2D eigenvalue weighted by atomic mass is 10.00. The van der Waals surface area contributed by atoms with E-state index in [4.69, 9.17) is 19.4 Å². The Labute approximate surface area is 322 Å². The van der Waals surface area contributed by atoms with Gasteiger partial charge in [0.1, 0.15) is 11.2 Å². The van der Waals surface area contributed by atoms with Gasteiger partial charge in [-0.25, -0.2) is 15.0 Å². The lowest BCUT2D eigenvalue weighted by molar-refractivity contribution is 0.669. The molecule has 5 heteroatoms. The molecule has 0 unspecified atom stereocenters. The SMILES string of the molecule is c1ccc(-c2ccc(-c3nc(-c4ccccc4)nc(-c4cccc5c4oc4ccc(-c6ccc7c(c6)c6ccccc6n7-c6ccccc6)cc45)n3)cc2)cc1. The van der Waals surface area contributed by atoms with Gasteiger partial charge in [-0.1, -0.05) is 146 Å². The molecule has 0 bridgehead atoms. The van der Waals surface area contributed by atoms with Crippen LogP contribution in [0.5, 0.6) is 0 Å². The molecule has 0 spiro atoms. The Kier molecular flexibility index (Phi) is 7.42. The third-order valence-electron chi connectivity index (χ3n) is 10.7. The standard InChI is InChI=1S/C51H32N4O/c1-4-13-33(14-5-1)34-23-25-36(26-24-34)50-52-49(35-15-6-2-7-16-35)53-51(54-50)42-21-12-20-41-44-32-38(28-30-47(44)56-48(41)42)37-27-29-46-43(31-37)40-19-10-11-22-45(40)55(46)39-17-8-3-9-18-39/h1-32H. The fourth-order valence-electron chi connectivity index (χ4n) is 7.95. The van der Waals surface area contributed by atoms with E-state index in [-0.39, 0.29) is 0 Å². The molecular formula is C51H32N4O. The predicted molar refractivity (Wildman–Crippen MR) is 229 cm³/mol. The van der Waals surface area contributed by atoms with E-state index in [0.29, 0.717) is 17.5 Å². The van der Waals surface area contributed by atoms with Crippen LogP contribution in [0.25, 0.3) is 106 Å². The minimum absolute atomic E-state index is 0.561. The summed E-state index contributed by atoms with van der Waals surface area (Å²) in [5, 5.41) is 4.50. The molecule has 3 aromatic heterocycles. The summed E-state index contributed by atoms with van der Waals surface area (Å²) in [6, 6.07) is 67.5. The van der Waals surface area contributed by atoms with Crippen LogP contribution in [0.3, 0.4) is 0 Å². The molecule has 0 saturated heterocycles. The van der Waals surface area contributed by atoms with Crippen molar-refractivity contribution in [2.75, 3.05) is 0 Å². The number of furan rings is 1. The molecule has 0 radical (unpaired) electrons. The lowest BCUT2D eigenvalue weighted by Gasteiger charge is -2.09. The molecule has 0 aliphatic rings. The largest absolute Gasteiger partial charge is 0.455 e. The Morgan fingerprint density at radius 3 is 1.61 bits per heavy atom. The highest BCUT2D eigenvalue weighted by Gasteiger charge is 2.19. The van der Waals surface area contributed by atoms with Gasteiger partial charge >= 0.3 is 0 Å². The smallest absolute Gasteiger partial charge is 0.167 e. The van der Waals surface area contributed by atoms with Crippen LogP contribution in [0.15, 0.2) is 199 Å². The van der Waals surface area contributed by atoms with Crippen LogP contribution in [0.2, 0.25) is 0 Å². The zero-order valence-electron chi connectivity index (χ0n) is 30.2. The molecule has 0 N–H and O–H groups in total. The van der Waals surface area contributed by atoms with Gasteiger partial charge in [0.25, 0.3) is 0 Å². The molecule has 11 aromatic rings. The fraction of sp³-hybridized carbons (Fsp3) is 0. The normalized spacial score (nSPS) is 11.6. The molecule has 56 heavy (non-hydrogen) atoms. The van der Waals surface area contributed by atoms with Gasteiger partial charge in [-0.2, -0.15) is 0 Å². The average Bonchev–Trinajstić information content (AvgIpc) is 3.82. The van der Waals surface area contributed by atoms with Crippen LogP contribution < -0.4 is 0 Å². The first-order chi connectivity index (χ1) is 27.7. The number of rotatable bonds is 6. The van der Waals surface area contributed by atoms with Crippen LogP contribution in [0, 0.1) is 0 Å². The Balaban J connectivity index is 1.03. The van der Waals surface area contributed by atoms with Crippen molar-refractivity contribution in [1.29, 1.82) is 0 Å². The van der Waals surface area contributed by atoms with Gasteiger partial charge in [-0.05, 0) is 70.8 Å². The maximum absolute atomic E-state index is 6.66. The summed E-state index contributed by atoms with van der Waals surface area (Å²) in [7, 11) is 0. The van der Waals surface area contributed by atoms with Crippen LogP contribution in [0.4, 0.5) is 0 Å². The number of hydrogen-bond acceptors (Lipinski definition) is 4. The summed E-state index contributed by atoms with van der Waals surface area (Å²) in [6.45, 7) is 0. The predicted octanol–water partition coefficient (Wildman–Crippen LogP) is 13.2. The highest BCUT2D eigenvalue weighted by Crippen LogP contribution is 2.39. The van der Waals surface area contributed by atoms with Gasteiger partial charge in [-0.3, -0.25) is 0 Å².